The van der Waals surface area contributed by atoms with Crippen molar-refractivity contribution in [2.45, 2.75) is 191 Å². The summed E-state index contributed by atoms with van der Waals surface area (Å²) in [7, 11) is 13.5. The van der Waals surface area contributed by atoms with Crippen molar-refractivity contribution in [2.24, 2.45) is 0 Å². The molecule has 7 nitrogen and oxygen atoms in total. The average molecular weight is 1820 g/mol. The van der Waals surface area contributed by atoms with Gasteiger partial charge in [-0.05, 0) is 176 Å². The Morgan fingerprint density at radius 3 is 0.545 bits per heavy atom. The summed E-state index contributed by atoms with van der Waals surface area (Å²) in [6, 6.07) is 75.5. The molecule has 696 valence electrons. The van der Waals surface area contributed by atoms with E-state index >= 15 is 0 Å². The molecule has 0 bridgehead atoms. The number of thioether (sulfide) groups is 7. The smallest absolute Gasteiger partial charge is 0.0878 e. The van der Waals surface area contributed by atoms with Crippen LogP contribution in [0.5, 0.6) is 0 Å². The van der Waals surface area contributed by atoms with Crippen LogP contribution < -0.4 is 0 Å². The second kappa shape index (κ2) is 75.4. The Kier molecular flexibility index (Phi) is 72.1. The zero-order valence-corrected chi connectivity index (χ0v) is 88.9. The minimum Gasteiger partial charge on any atom is -0.330 e. The van der Waals surface area contributed by atoms with E-state index < -0.39 is 0 Å². The molecule has 7 rings (SSSR count). The molecular formula is C109H190N7S7+7. The van der Waals surface area contributed by atoms with E-state index in [4.69, 9.17) is 0 Å². The molecule has 123 heavy (non-hydrogen) atoms. The van der Waals surface area contributed by atoms with Crippen molar-refractivity contribution in [1.82, 2.24) is 0 Å². The molecule has 7 aromatic rings. The Bertz CT molecular complexity index is 3350. The fourth-order valence-electron chi connectivity index (χ4n) is 15.4. The van der Waals surface area contributed by atoms with Crippen molar-refractivity contribution in [3.8, 4) is 0 Å². The first-order valence-electron chi connectivity index (χ1n) is 48.6. The van der Waals surface area contributed by atoms with Gasteiger partial charge in [0.15, 0.2) is 0 Å². The number of hydrogen-bond donors (Lipinski definition) is 0. The maximum Gasteiger partial charge on any atom is 0.0878 e. The van der Waals surface area contributed by atoms with Crippen LogP contribution in [0.25, 0.3) is 0 Å². The first-order valence-corrected chi connectivity index (χ1v) is 56.7. The van der Waals surface area contributed by atoms with Crippen molar-refractivity contribution in [3.63, 3.8) is 0 Å². The van der Waals surface area contributed by atoms with E-state index in [0.717, 1.165) is 32.0 Å². The van der Waals surface area contributed by atoms with Crippen LogP contribution in [-0.4, -0.2) is 275 Å². The van der Waals surface area contributed by atoms with Gasteiger partial charge < -0.3 is 31.4 Å². The van der Waals surface area contributed by atoms with Crippen LogP contribution in [0.3, 0.4) is 0 Å². The van der Waals surface area contributed by atoms with Gasteiger partial charge in [0.25, 0.3) is 0 Å². The molecule has 1 atom stereocenters. The molecule has 0 aliphatic heterocycles. The van der Waals surface area contributed by atoms with Gasteiger partial charge in [-0.3, -0.25) is 0 Å². The number of quaternary nitrogens is 7. The molecule has 0 saturated heterocycles. The Morgan fingerprint density at radius 1 is 0.171 bits per heavy atom. The fraction of sp³-hybridized carbons (Fsp3) is 0.615. The Morgan fingerprint density at radius 2 is 0.350 bits per heavy atom. The predicted octanol–water partition coefficient (Wildman–Crippen LogP) is 27.1. The van der Waals surface area contributed by atoms with Crippen molar-refractivity contribution >= 4 is 82.3 Å². The van der Waals surface area contributed by atoms with Crippen molar-refractivity contribution in [2.75, 3.05) is 244 Å². The van der Waals surface area contributed by atoms with Crippen LogP contribution in [0, 0.1) is 0 Å². The molecule has 0 saturated carbocycles. The molecule has 0 spiro atoms. The number of unbranched alkanes of at least 4 members (excludes halogenated alkanes) is 1. The van der Waals surface area contributed by atoms with Gasteiger partial charge in [-0.15, -0.1) is 0 Å². The standard InChI is InChI=1S/2C18H32NS.C17H30NS.C16H28NS.C15H26NS.C13H22NS.C12H20NS/c1-4-13-19(6-3,14-5-2)15-17-20-16-12-18-10-8-7-9-11-18;1-4-7-14-19(6-3,13-5-2)15-16-20-17-18-11-9-8-10-12-18;1-4-12-18(6-3,13-5-2)14-15-19-16-17-10-8-7-9-11-17;1-4-17(5-2,6-3)13-15-18-14-12-16-10-8-7-9-11-16;1-4-16(5-2,6-3)12-13-17-14-15-10-8-7-9-11-15;1-14(2,3)10-12-15-11-9-13-7-5-4-6-8-13;1-13(2,3)9-10-14-11-12-7-5-4-6-8-12/h7-11H,4-6,12-17H2,1-3H3;8-12H,4-7,13-17H2,1-3H3;7-11H,4-6,12-16H2,1-3H3;7-11H,4-6,12-15H2,1-3H3;7-11H,4-6,12-14H2,1-3H3;4-8H,9-12H2,1-3H3;4-8H,9-11H2,1-3H3/q7*+1. The molecule has 0 heterocycles. The van der Waals surface area contributed by atoms with Gasteiger partial charge in [-0.2, -0.15) is 82.3 Å². The highest BCUT2D eigenvalue weighted by Crippen LogP contribution is 2.22. The predicted molar refractivity (Wildman–Crippen MR) is 575 cm³/mol. The summed E-state index contributed by atoms with van der Waals surface area (Å²) in [6.07, 6.45) is 12.8. The van der Waals surface area contributed by atoms with E-state index in [1.54, 1.807) is 0 Å². The average Bonchev–Trinajstić information content (AvgIpc) is 0.896. The highest BCUT2D eigenvalue weighted by molar-refractivity contribution is 8.00. The molecule has 0 radical (unpaired) electrons. The third-order valence-electron chi connectivity index (χ3n) is 24.5. The summed E-state index contributed by atoms with van der Waals surface area (Å²) >= 11 is 14.5. The number of aryl methyl sites for hydroxylation is 3. The summed E-state index contributed by atoms with van der Waals surface area (Å²) in [4.78, 5) is 0. The quantitative estimate of drug-likeness (QED) is 0.0272. The highest BCUT2D eigenvalue weighted by Gasteiger charge is 2.26. The van der Waals surface area contributed by atoms with Crippen LogP contribution in [0.2, 0.25) is 0 Å². The largest absolute Gasteiger partial charge is 0.330 e. The minimum absolute atomic E-state index is 1.06. The molecule has 0 aliphatic carbocycles. The number of rotatable bonds is 60. The lowest BCUT2D eigenvalue weighted by molar-refractivity contribution is -0.924. The van der Waals surface area contributed by atoms with Crippen molar-refractivity contribution in [1.29, 1.82) is 0 Å². The van der Waals surface area contributed by atoms with Crippen LogP contribution in [0.15, 0.2) is 212 Å². The topological polar surface area (TPSA) is 0 Å². The van der Waals surface area contributed by atoms with Gasteiger partial charge in [0.2, 0.25) is 0 Å². The van der Waals surface area contributed by atoms with E-state index in [2.05, 4.69) is 429 Å². The summed E-state index contributed by atoms with van der Waals surface area (Å²) in [6.45, 7) is 63.6. The van der Waals surface area contributed by atoms with Gasteiger partial charge in [0.05, 0.1) is 186 Å². The lowest BCUT2D eigenvalue weighted by Gasteiger charge is -2.38. The maximum atomic E-state index is 2.37. The molecule has 7 aromatic carbocycles. The van der Waals surface area contributed by atoms with Crippen molar-refractivity contribution in [3.05, 3.63) is 251 Å². The molecule has 0 fully saturated rings. The normalized spacial score (nSPS) is 12.1. The first-order chi connectivity index (χ1) is 59.5. The van der Waals surface area contributed by atoms with E-state index in [0.29, 0.717) is 0 Å². The Labute approximate surface area is 793 Å². The van der Waals surface area contributed by atoms with E-state index in [9.17, 15) is 0 Å². The SMILES string of the molecule is CCCC[N+](CC)(CCC)CCSCc1ccccc1.CCC[N+](CC)(CCC)CCSCCc1ccccc1.CCC[N+](CC)(CCC)CCSCc1ccccc1.CC[N+](CC)(CC)CCSCCc1ccccc1.CC[N+](CC)(CC)CCSCc1ccccc1.C[N+](C)(C)CCSCCc1ccccc1.C[N+](C)(C)CCSCc1ccccc1. The monoisotopic (exact) mass is 1820 g/mol. The zero-order chi connectivity index (χ0) is 90.8. The van der Waals surface area contributed by atoms with Gasteiger partial charge >= 0.3 is 0 Å². The van der Waals surface area contributed by atoms with Gasteiger partial charge in [-0.1, -0.05) is 260 Å². The molecule has 14 heteroatoms. The van der Waals surface area contributed by atoms with Crippen LogP contribution in [-0.2, 0) is 42.3 Å². The summed E-state index contributed by atoms with van der Waals surface area (Å²) in [5.41, 5.74) is 10.2. The van der Waals surface area contributed by atoms with Gasteiger partial charge in [-0.25, -0.2) is 0 Å². The van der Waals surface area contributed by atoms with Gasteiger partial charge in [0, 0.05) is 63.3 Å². The molecule has 0 aliphatic rings. The number of nitrogens with zero attached hydrogens (tertiary/aromatic N) is 7. The zero-order valence-electron chi connectivity index (χ0n) is 83.2. The molecule has 1 unspecified atom stereocenters. The Balaban J connectivity index is 0.000000720. The first kappa shape index (κ1) is 118. The fourth-order valence-corrected chi connectivity index (χ4v) is 23.4. The van der Waals surface area contributed by atoms with Crippen molar-refractivity contribution < 1.29 is 31.4 Å². The van der Waals surface area contributed by atoms with E-state index in [1.165, 1.54) is 327 Å². The molecular weight excluding hydrogens is 1630 g/mol. The maximum absolute atomic E-state index is 2.37. The lowest BCUT2D eigenvalue weighted by atomic mass is 10.2. The summed E-state index contributed by atoms with van der Waals surface area (Å²) < 4.78 is 8.63. The third-order valence-corrected chi connectivity index (χ3v) is 31.4. The highest BCUT2D eigenvalue weighted by atomic mass is 32.2. The van der Waals surface area contributed by atoms with E-state index in [-0.39, 0.29) is 0 Å². The second-order valence-corrected chi connectivity index (χ2v) is 43.7. The van der Waals surface area contributed by atoms with Crippen LogP contribution in [0.1, 0.15) is 188 Å². The van der Waals surface area contributed by atoms with Crippen LogP contribution in [0.4, 0.5) is 0 Å². The van der Waals surface area contributed by atoms with Gasteiger partial charge in [0.1, 0.15) is 0 Å². The Hall–Kier alpha value is -3.29. The minimum atomic E-state index is 1.06. The number of hydrogen-bond acceptors (Lipinski definition) is 7. The third kappa shape index (κ3) is 60.3. The molecule has 0 amide bonds. The second-order valence-electron chi connectivity index (χ2n) is 35.6. The number of benzene rings is 7. The summed E-state index contributed by atoms with van der Waals surface area (Å²) in [5.74, 6) is 17.3. The van der Waals surface area contributed by atoms with E-state index in [1.807, 2.05) is 11.8 Å². The summed E-state index contributed by atoms with van der Waals surface area (Å²) in [5, 5.41) is 0. The van der Waals surface area contributed by atoms with Crippen LogP contribution >= 0.6 is 82.3 Å². The lowest BCUT2D eigenvalue weighted by Crippen LogP contribution is -2.50. The molecule has 0 aromatic heterocycles. The molecule has 0 N–H and O–H groups in total.